The molecule has 26 heavy (non-hydrogen) atoms. The molecular formula is C16H32N2O6S2. The van der Waals surface area contributed by atoms with Crippen LogP contribution in [0.25, 0.3) is 0 Å². The zero-order chi connectivity index (χ0) is 19.4. The van der Waals surface area contributed by atoms with E-state index in [4.69, 9.17) is 15.2 Å². The van der Waals surface area contributed by atoms with Gasteiger partial charge in [-0.25, -0.2) is 16.8 Å². The maximum Gasteiger partial charge on any atom is 0.224 e. The van der Waals surface area contributed by atoms with E-state index >= 15 is 0 Å². The van der Waals surface area contributed by atoms with Crippen LogP contribution in [0, 0.1) is 0 Å². The van der Waals surface area contributed by atoms with Gasteiger partial charge in [-0.3, -0.25) is 0 Å². The number of nitrogens with zero attached hydrogens (tertiary/aromatic N) is 1. The lowest BCUT2D eigenvalue weighted by atomic mass is 9.84. The van der Waals surface area contributed by atoms with Crippen molar-refractivity contribution in [2.24, 2.45) is 5.73 Å². The smallest absolute Gasteiger partial charge is 0.224 e. The minimum atomic E-state index is -3.75. The fraction of sp³-hybridized carbons (Fsp3) is 1.00. The van der Waals surface area contributed by atoms with Gasteiger partial charge < -0.3 is 15.2 Å². The quantitative estimate of drug-likeness (QED) is 0.331. The molecule has 0 bridgehead atoms. The molecule has 0 radical (unpaired) electrons. The molecule has 0 aromatic heterocycles. The van der Waals surface area contributed by atoms with Gasteiger partial charge >= 0.3 is 0 Å². The van der Waals surface area contributed by atoms with Gasteiger partial charge in [0.05, 0.1) is 37.9 Å². The Labute approximate surface area is 157 Å². The van der Waals surface area contributed by atoms with Gasteiger partial charge in [-0.2, -0.15) is 0 Å². The van der Waals surface area contributed by atoms with Gasteiger partial charge in [-0.1, -0.05) is 29.4 Å². The van der Waals surface area contributed by atoms with Crippen molar-refractivity contribution in [3.8, 4) is 0 Å². The van der Waals surface area contributed by atoms with E-state index in [0.717, 1.165) is 70.7 Å². The summed E-state index contributed by atoms with van der Waals surface area (Å²) in [6, 6.07) is 0. The predicted molar refractivity (Wildman–Crippen MR) is 99.7 cm³/mol. The molecule has 0 aromatic carbocycles. The Balaban J connectivity index is 1.63. The highest BCUT2D eigenvalue weighted by Crippen LogP contribution is 2.32. The molecule has 2 fully saturated rings. The Morgan fingerprint density at radius 1 is 0.885 bits per heavy atom. The van der Waals surface area contributed by atoms with E-state index in [1.54, 1.807) is 0 Å². The molecule has 2 rings (SSSR count). The molecule has 0 spiro atoms. The number of ether oxygens (including phenoxy) is 2. The second-order valence-corrected chi connectivity index (χ2v) is 11.8. The van der Waals surface area contributed by atoms with Crippen molar-refractivity contribution in [2.75, 3.05) is 32.3 Å². The Morgan fingerprint density at radius 2 is 1.31 bits per heavy atom. The average Bonchev–Trinajstić information content (AvgIpc) is 3.36. The minimum Gasteiger partial charge on any atom is -0.373 e. The van der Waals surface area contributed by atoms with Crippen molar-refractivity contribution in [3.05, 3.63) is 0 Å². The maximum atomic E-state index is 11.6. The molecule has 2 heterocycles. The van der Waals surface area contributed by atoms with E-state index in [2.05, 4.69) is 0 Å². The van der Waals surface area contributed by atoms with E-state index in [9.17, 15) is 16.8 Å². The Hall–Kier alpha value is -0.260. The summed E-state index contributed by atoms with van der Waals surface area (Å²) in [5.74, 6) is 0. The Kier molecular flexibility index (Phi) is 7.48. The van der Waals surface area contributed by atoms with E-state index in [-0.39, 0.29) is 12.1 Å². The first-order valence-electron chi connectivity index (χ1n) is 9.20. The molecule has 2 aliphatic heterocycles. The second kappa shape index (κ2) is 8.83. The van der Waals surface area contributed by atoms with Crippen molar-refractivity contribution in [2.45, 2.75) is 69.1 Å². The third kappa shape index (κ3) is 8.18. The van der Waals surface area contributed by atoms with Crippen LogP contribution in [0.5, 0.6) is 0 Å². The van der Waals surface area contributed by atoms with Crippen LogP contribution in [-0.4, -0.2) is 70.6 Å². The van der Waals surface area contributed by atoms with Gasteiger partial charge in [0, 0.05) is 12.1 Å². The van der Waals surface area contributed by atoms with Crippen molar-refractivity contribution in [1.29, 1.82) is 0 Å². The van der Waals surface area contributed by atoms with Crippen LogP contribution >= 0.6 is 0 Å². The first-order valence-corrected chi connectivity index (χ1v) is 12.9. The maximum absolute atomic E-state index is 11.6. The van der Waals surface area contributed by atoms with Crippen molar-refractivity contribution >= 4 is 20.0 Å². The summed E-state index contributed by atoms with van der Waals surface area (Å²) in [4.78, 5) is 0. The molecule has 154 valence electrons. The number of hydrogen-bond acceptors (Lipinski definition) is 7. The Bertz CT molecular complexity index is 610. The van der Waals surface area contributed by atoms with Gasteiger partial charge in [0.15, 0.2) is 0 Å². The second-order valence-electron chi connectivity index (χ2n) is 7.72. The van der Waals surface area contributed by atoms with E-state index in [1.165, 1.54) is 0 Å². The van der Waals surface area contributed by atoms with Crippen LogP contribution in [-0.2, 0) is 29.5 Å². The van der Waals surface area contributed by atoms with E-state index < -0.39 is 20.0 Å². The largest absolute Gasteiger partial charge is 0.373 e. The van der Waals surface area contributed by atoms with Crippen LogP contribution < -0.4 is 5.73 Å². The fourth-order valence-corrected chi connectivity index (χ4v) is 6.28. The first-order chi connectivity index (χ1) is 12.0. The van der Waals surface area contributed by atoms with Crippen molar-refractivity contribution < 1.29 is 26.3 Å². The van der Waals surface area contributed by atoms with E-state index in [0.29, 0.717) is 22.3 Å². The standard InChI is InChI=1S/C16H32N2O6S2/c1-25(19,20)18(26(2,21)22)9-7-5-3-4-6-8-16(17,10-14-12-23-14)11-15-13-24-15/h14-15H,3-13,17H2,1-2H3. The molecule has 2 unspecified atom stereocenters. The normalized spacial score (nSPS) is 25.2. The molecule has 0 saturated carbocycles. The predicted octanol–water partition coefficient (Wildman–Crippen LogP) is 0.824. The van der Waals surface area contributed by atoms with Crippen LogP contribution in [0.15, 0.2) is 0 Å². The third-order valence-electron chi connectivity index (χ3n) is 4.83. The number of rotatable bonds is 14. The number of epoxide rings is 2. The zero-order valence-corrected chi connectivity index (χ0v) is 17.4. The SMILES string of the molecule is CS(=O)(=O)N(CCCCCCCC(N)(CC1CO1)CC1CO1)S(C)(=O)=O. The van der Waals surface area contributed by atoms with E-state index in [1.807, 2.05) is 0 Å². The van der Waals surface area contributed by atoms with Gasteiger partial charge in [0.25, 0.3) is 0 Å². The number of sulfonamides is 2. The zero-order valence-electron chi connectivity index (χ0n) is 15.7. The summed E-state index contributed by atoms with van der Waals surface area (Å²) in [5, 5.41) is 0. The highest BCUT2D eigenvalue weighted by atomic mass is 32.3. The van der Waals surface area contributed by atoms with Crippen LogP contribution in [0.4, 0.5) is 0 Å². The Morgan fingerprint density at radius 3 is 1.73 bits per heavy atom. The fourth-order valence-electron chi connectivity index (χ4n) is 3.39. The lowest BCUT2D eigenvalue weighted by Crippen LogP contribution is -2.42. The van der Waals surface area contributed by atoms with Crippen LogP contribution in [0.1, 0.15) is 51.4 Å². The molecule has 10 heteroatoms. The minimum absolute atomic E-state index is 0.0104. The summed E-state index contributed by atoms with van der Waals surface area (Å²) in [7, 11) is -7.49. The molecule has 0 amide bonds. The summed E-state index contributed by atoms with van der Waals surface area (Å²) in [5.41, 5.74) is 6.33. The van der Waals surface area contributed by atoms with Gasteiger partial charge in [0.2, 0.25) is 20.0 Å². The van der Waals surface area contributed by atoms with Gasteiger partial charge in [-0.05, 0) is 25.7 Å². The lowest BCUT2D eigenvalue weighted by Gasteiger charge is -2.28. The molecular weight excluding hydrogens is 380 g/mol. The molecule has 2 saturated heterocycles. The van der Waals surface area contributed by atoms with Crippen LogP contribution in [0.2, 0.25) is 0 Å². The number of hydrogen-bond donors (Lipinski definition) is 1. The molecule has 2 aliphatic rings. The average molecular weight is 413 g/mol. The molecule has 2 N–H and O–H groups in total. The van der Waals surface area contributed by atoms with Crippen molar-refractivity contribution in [1.82, 2.24) is 3.71 Å². The highest BCUT2D eigenvalue weighted by molar-refractivity contribution is 8.03. The molecule has 0 aromatic rings. The van der Waals surface area contributed by atoms with Gasteiger partial charge in [0.1, 0.15) is 0 Å². The molecule has 8 nitrogen and oxygen atoms in total. The van der Waals surface area contributed by atoms with Crippen molar-refractivity contribution in [3.63, 3.8) is 0 Å². The monoisotopic (exact) mass is 412 g/mol. The first kappa shape index (κ1) is 22.0. The molecule has 2 atom stereocenters. The molecule has 0 aliphatic carbocycles. The number of nitrogens with two attached hydrogens (primary N) is 1. The number of unbranched alkanes of at least 4 members (excludes halogenated alkanes) is 4. The van der Waals surface area contributed by atoms with Crippen LogP contribution in [0.3, 0.4) is 0 Å². The topological polar surface area (TPSA) is 123 Å². The lowest BCUT2D eigenvalue weighted by molar-refractivity contribution is 0.252. The summed E-state index contributed by atoms with van der Waals surface area (Å²) in [6.07, 6.45) is 9.36. The summed E-state index contributed by atoms with van der Waals surface area (Å²) >= 11 is 0. The van der Waals surface area contributed by atoms with Gasteiger partial charge in [-0.15, -0.1) is 0 Å². The highest BCUT2D eigenvalue weighted by Gasteiger charge is 2.39. The summed E-state index contributed by atoms with van der Waals surface area (Å²) < 4.78 is 57.4. The summed E-state index contributed by atoms with van der Waals surface area (Å²) in [6.45, 7) is 1.62. The third-order valence-corrected chi connectivity index (χ3v) is 8.30.